The molecule has 7 N–H and O–H groups in total. The van der Waals surface area contributed by atoms with E-state index in [0.717, 1.165) is 124 Å². The van der Waals surface area contributed by atoms with Gasteiger partial charge in [0.2, 0.25) is 0 Å². The van der Waals surface area contributed by atoms with E-state index in [1.807, 2.05) is 102 Å². The van der Waals surface area contributed by atoms with Gasteiger partial charge in [0.05, 0.1) is 44.9 Å². The van der Waals surface area contributed by atoms with E-state index in [1.165, 1.54) is 42.6 Å². The molecule has 0 saturated carbocycles. The Morgan fingerprint density at radius 2 is 1.28 bits per heavy atom. The van der Waals surface area contributed by atoms with E-state index < -0.39 is 23.3 Å². The zero-order valence-electron chi connectivity index (χ0n) is 57.3. The van der Waals surface area contributed by atoms with Crippen LogP contribution >= 0.6 is 11.6 Å². The molecule has 0 spiro atoms. The van der Waals surface area contributed by atoms with Gasteiger partial charge in [0.15, 0.2) is 18.0 Å². The van der Waals surface area contributed by atoms with Crippen LogP contribution < -0.4 is 36.6 Å². The number of benzene rings is 5. The summed E-state index contributed by atoms with van der Waals surface area (Å²) in [5, 5.41) is 29.0. The predicted molar refractivity (Wildman–Crippen MR) is 387 cm³/mol. The Balaban J connectivity index is 0.000000129. The predicted octanol–water partition coefficient (Wildman–Crippen LogP) is 13.0. The lowest BCUT2D eigenvalue weighted by Crippen LogP contribution is -2.51. The van der Waals surface area contributed by atoms with E-state index in [2.05, 4.69) is 98.4 Å². The molecule has 0 bridgehead atoms. The Hall–Kier alpha value is -8.48. The molecule has 10 heterocycles. The normalized spacial score (nSPS) is 23.6. The summed E-state index contributed by atoms with van der Waals surface area (Å²) in [6, 6.07) is 46.7. The second kappa shape index (κ2) is 38.2. The third-order valence-corrected chi connectivity index (χ3v) is 20.5. The molecular formula is C80H92ClF4N13O4. The Labute approximate surface area is 599 Å². The molecule has 536 valence electrons. The SMILES string of the molecule is Clc1cccc(COCC2CNCC(c3ccccc3)C2c2ccn[nH]2)c1.Fc1cc(F)cc(C2CNCC(COCc3ccncc3)C2)c1.Fc1cccc(C2CNCC(CNCc3ccncc3)C2n2ccnc2)c1F.c1ccc(OC2CNCC(C3CCNCC3)C2c2cnco2)cc1. The number of hydrogen-bond donors (Lipinski definition) is 7. The van der Waals surface area contributed by atoms with Gasteiger partial charge in [-0.15, -0.1) is 0 Å². The van der Waals surface area contributed by atoms with Crippen LogP contribution in [0.1, 0.15) is 99.7 Å². The van der Waals surface area contributed by atoms with Gasteiger partial charge in [0, 0.05) is 155 Å². The van der Waals surface area contributed by atoms with Gasteiger partial charge in [-0.2, -0.15) is 5.10 Å². The molecule has 22 heteroatoms. The van der Waals surface area contributed by atoms with Gasteiger partial charge in [0.25, 0.3) is 0 Å². The van der Waals surface area contributed by atoms with Gasteiger partial charge in [-0.1, -0.05) is 84.4 Å². The fraction of sp³-hybridized carbons (Fsp3) is 0.388. The molecule has 0 radical (unpaired) electrons. The number of oxazole rings is 1. The molecule has 5 aliphatic rings. The summed E-state index contributed by atoms with van der Waals surface area (Å²) in [6.07, 6.45) is 21.0. The molecule has 102 heavy (non-hydrogen) atoms. The summed E-state index contributed by atoms with van der Waals surface area (Å²) in [5.74, 6) is 2.28. The summed E-state index contributed by atoms with van der Waals surface area (Å²) in [7, 11) is 0. The fourth-order valence-electron chi connectivity index (χ4n) is 15.4. The molecule has 17 nitrogen and oxygen atoms in total. The maximum absolute atomic E-state index is 14.6. The Morgan fingerprint density at radius 1 is 0.578 bits per heavy atom. The molecule has 11 unspecified atom stereocenters. The van der Waals surface area contributed by atoms with Crippen LogP contribution in [0.5, 0.6) is 5.75 Å². The lowest BCUT2D eigenvalue weighted by molar-refractivity contribution is 0.0633. The molecule has 15 rings (SSSR count). The fourth-order valence-corrected chi connectivity index (χ4v) is 15.6. The average Bonchev–Trinajstić information content (AvgIpc) is 1.22. The number of para-hydroxylation sites is 1. The van der Waals surface area contributed by atoms with Crippen LogP contribution in [-0.2, 0) is 29.2 Å². The molecule has 0 amide bonds. The first-order valence-electron chi connectivity index (χ1n) is 35.6. The zero-order valence-corrected chi connectivity index (χ0v) is 58.0. The van der Waals surface area contributed by atoms with Crippen molar-refractivity contribution in [3.63, 3.8) is 0 Å². The Morgan fingerprint density at radius 3 is 2.01 bits per heavy atom. The van der Waals surface area contributed by atoms with Gasteiger partial charge in [-0.25, -0.2) is 27.5 Å². The monoisotopic (exact) mass is 1410 g/mol. The number of aromatic nitrogens is 7. The molecule has 11 atom stereocenters. The van der Waals surface area contributed by atoms with Crippen LogP contribution in [0.25, 0.3) is 0 Å². The van der Waals surface area contributed by atoms with E-state index in [0.29, 0.717) is 79.6 Å². The highest BCUT2D eigenvalue weighted by Crippen LogP contribution is 2.43. The summed E-state index contributed by atoms with van der Waals surface area (Å²) in [4.78, 5) is 16.3. The van der Waals surface area contributed by atoms with Crippen LogP contribution in [0.15, 0.2) is 218 Å². The highest BCUT2D eigenvalue weighted by Gasteiger charge is 2.43. The molecule has 10 aromatic rings. The van der Waals surface area contributed by atoms with Gasteiger partial charge in [-0.3, -0.25) is 15.1 Å². The maximum Gasteiger partial charge on any atom is 0.180 e. The van der Waals surface area contributed by atoms with Crippen molar-refractivity contribution in [2.24, 2.45) is 29.6 Å². The van der Waals surface area contributed by atoms with Crippen molar-refractivity contribution in [1.82, 2.24) is 66.6 Å². The van der Waals surface area contributed by atoms with Gasteiger partial charge < -0.3 is 55.1 Å². The first kappa shape index (κ1) is 73.3. The minimum absolute atomic E-state index is 0.0232. The molecule has 5 aliphatic heterocycles. The van der Waals surface area contributed by atoms with Crippen molar-refractivity contribution in [3.8, 4) is 5.75 Å². The summed E-state index contributed by atoms with van der Waals surface area (Å²) < 4.78 is 81.1. The van der Waals surface area contributed by atoms with Crippen molar-refractivity contribution >= 4 is 11.6 Å². The minimum Gasteiger partial charge on any atom is -0.488 e. The summed E-state index contributed by atoms with van der Waals surface area (Å²) >= 11 is 6.07. The average molecular weight is 1410 g/mol. The third kappa shape index (κ3) is 20.7. The van der Waals surface area contributed by atoms with E-state index in [1.54, 1.807) is 49.4 Å². The minimum atomic E-state index is -0.806. The van der Waals surface area contributed by atoms with Crippen molar-refractivity contribution in [2.75, 3.05) is 85.2 Å². The first-order valence-corrected chi connectivity index (χ1v) is 36.0. The van der Waals surface area contributed by atoms with Gasteiger partial charge >= 0.3 is 0 Å². The van der Waals surface area contributed by atoms with Crippen LogP contribution in [0, 0.1) is 52.9 Å². The quantitative estimate of drug-likeness (QED) is 0.0335. The highest BCUT2D eigenvalue weighted by molar-refractivity contribution is 6.30. The number of nitrogens with one attached hydrogen (secondary N) is 7. The highest BCUT2D eigenvalue weighted by atomic mass is 35.5. The van der Waals surface area contributed by atoms with Crippen molar-refractivity contribution < 1.29 is 36.2 Å². The van der Waals surface area contributed by atoms with E-state index in [-0.39, 0.29) is 35.8 Å². The van der Waals surface area contributed by atoms with Crippen LogP contribution in [0.4, 0.5) is 17.6 Å². The summed E-state index contributed by atoms with van der Waals surface area (Å²) in [6.45, 7) is 12.9. The lowest BCUT2D eigenvalue weighted by atomic mass is 9.72. The number of ether oxygens (including phenoxy) is 3. The number of piperidine rings is 5. The van der Waals surface area contributed by atoms with Crippen molar-refractivity contribution in [1.29, 1.82) is 0 Å². The number of rotatable bonds is 21. The number of H-pyrrole nitrogens is 1. The number of hydrogen-bond acceptors (Lipinski definition) is 15. The summed E-state index contributed by atoms with van der Waals surface area (Å²) in [5.41, 5.74) is 7.01. The van der Waals surface area contributed by atoms with Crippen LogP contribution in [0.2, 0.25) is 5.02 Å². The van der Waals surface area contributed by atoms with Crippen LogP contribution in [-0.4, -0.2) is 126 Å². The first-order chi connectivity index (χ1) is 50.2. The zero-order chi connectivity index (χ0) is 70.1. The standard InChI is InChI=1S/C22H24ClN3O.C21H23F2N5.C19H25N3O2.C18H20F2N2O/c23-19-8-4-5-16(11-19)14-27-15-18-12-24-13-20(17-6-2-1-3-7-17)22(18)21-9-10-25-26-21;22-19-3-1-2-17(20(19)23)18-13-27-12-16(21(18)28-9-8-25-14-28)11-26-10-15-4-6-24-7-5-15;1-2-4-15(5-3-1)24-18-12-21-10-16(14-6-8-20-9-7-14)19(18)17-11-22-13-23-17;19-17-6-15(7-18(20)8-17)16-5-14(9-22-10-16)12-23-11-13-1-3-21-4-2-13/h1-11,18,20,22,24H,12-15H2,(H,25,26);1-9,14,16,18,21,26-27H,10-13H2;1-5,11,13-14,16,18-21H,6-10,12H2;1-4,6-8,14,16,22H,5,9-12H2. The van der Waals surface area contributed by atoms with Crippen molar-refractivity contribution in [3.05, 3.63) is 287 Å². The molecule has 5 aromatic heterocycles. The second-order valence-electron chi connectivity index (χ2n) is 27.1. The number of halogens is 5. The number of imidazole rings is 1. The molecular weight excluding hydrogens is 1320 g/mol. The van der Waals surface area contributed by atoms with E-state index in [9.17, 15) is 17.6 Å². The molecule has 5 aromatic carbocycles. The lowest BCUT2D eigenvalue weighted by Gasteiger charge is -2.42. The van der Waals surface area contributed by atoms with E-state index in [4.69, 9.17) is 30.2 Å². The number of aromatic amines is 1. The number of pyridine rings is 2. The third-order valence-electron chi connectivity index (χ3n) is 20.3. The second-order valence-corrected chi connectivity index (χ2v) is 27.5. The van der Waals surface area contributed by atoms with E-state index >= 15 is 0 Å². The smallest absolute Gasteiger partial charge is 0.180 e. The Kier molecular flexibility index (Phi) is 27.4. The molecule has 5 fully saturated rings. The molecule has 5 saturated heterocycles. The van der Waals surface area contributed by atoms with Crippen molar-refractivity contribution in [2.45, 2.75) is 80.8 Å². The largest absolute Gasteiger partial charge is 0.488 e. The van der Waals surface area contributed by atoms with Gasteiger partial charge in [0.1, 0.15) is 29.2 Å². The van der Waals surface area contributed by atoms with Crippen LogP contribution in [0.3, 0.4) is 0 Å². The topological polar surface area (TPSA) is 198 Å². The van der Waals surface area contributed by atoms with Gasteiger partial charge in [-0.05, 0) is 169 Å². The Bertz CT molecular complexity index is 3990. The maximum atomic E-state index is 14.6. The molecule has 0 aliphatic carbocycles. The number of nitrogens with zero attached hydrogens (tertiary/aromatic N) is 6.